The predicted octanol–water partition coefficient (Wildman–Crippen LogP) is 4.29. The maximum absolute atomic E-state index is 14.6. The second-order valence-electron chi connectivity index (χ2n) is 7.59. The number of nitrogens with zero attached hydrogens (tertiary/aromatic N) is 1. The van der Waals surface area contributed by atoms with Gasteiger partial charge in [0.15, 0.2) is 5.17 Å². The second-order valence-corrected chi connectivity index (χ2v) is 11.6. The lowest BCUT2D eigenvalue weighted by molar-refractivity contribution is 0.241. The maximum atomic E-state index is 14.6. The van der Waals surface area contributed by atoms with Gasteiger partial charge in [-0.1, -0.05) is 45.4 Å². The van der Waals surface area contributed by atoms with Crippen molar-refractivity contribution in [3.05, 3.63) is 63.9 Å². The van der Waals surface area contributed by atoms with Gasteiger partial charge in [-0.05, 0) is 43.7 Å². The number of fused-ring (bicyclic) bond motifs is 1. The molecule has 1 saturated carbocycles. The van der Waals surface area contributed by atoms with Crippen LogP contribution in [-0.2, 0) is 19.8 Å². The molecule has 4 rings (SSSR count). The first-order chi connectivity index (χ1) is 14.1. The Morgan fingerprint density at radius 1 is 1.30 bits per heavy atom. The number of benzene rings is 2. The molecule has 2 aromatic carbocycles. The van der Waals surface area contributed by atoms with Crippen molar-refractivity contribution in [2.45, 2.75) is 28.5 Å². The highest BCUT2D eigenvalue weighted by Crippen LogP contribution is 2.66. The van der Waals surface area contributed by atoms with E-state index in [1.807, 2.05) is 6.92 Å². The third-order valence-corrected chi connectivity index (χ3v) is 8.63. The molecule has 5 nitrogen and oxygen atoms in total. The highest BCUT2D eigenvalue weighted by atomic mass is 79.9. The number of halogens is 3. The molecule has 1 fully saturated rings. The molecule has 0 amide bonds. The standard InChI is InChI=1S/C20H19BrF2N2O3S2/c1-12-2-5-14(6-3-12)30(26,27)28-11-19-9-17(19)20(10-22,25-18(24)29-19)15-8-13(21)4-7-16(15)23/h2-8,17H,9-11H2,1H3,(H2,24,25)/t17-,19+,20-/m1/s1. The van der Waals surface area contributed by atoms with Gasteiger partial charge in [0.2, 0.25) is 0 Å². The number of hydrogen-bond acceptors (Lipinski definition) is 6. The number of alkyl halides is 1. The minimum atomic E-state index is -4.00. The van der Waals surface area contributed by atoms with Crippen LogP contribution in [0.5, 0.6) is 0 Å². The normalized spacial score (nSPS) is 28.0. The van der Waals surface area contributed by atoms with Crippen LogP contribution >= 0.6 is 27.7 Å². The topological polar surface area (TPSA) is 81.8 Å². The van der Waals surface area contributed by atoms with Crippen molar-refractivity contribution in [3.8, 4) is 0 Å². The Balaban J connectivity index is 1.63. The van der Waals surface area contributed by atoms with Crippen LogP contribution in [0.2, 0.25) is 0 Å². The molecule has 2 N–H and O–H groups in total. The van der Waals surface area contributed by atoms with Gasteiger partial charge >= 0.3 is 0 Å². The minimum absolute atomic E-state index is 0.0407. The number of aryl methyl sites for hydroxylation is 1. The molecule has 10 heteroatoms. The number of thioether (sulfide) groups is 1. The van der Waals surface area contributed by atoms with Crippen LogP contribution in [-0.4, -0.2) is 31.6 Å². The first-order valence-electron chi connectivity index (χ1n) is 9.14. The quantitative estimate of drug-likeness (QED) is 0.579. The Morgan fingerprint density at radius 3 is 2.67 bits per heavy atom. The zero-order valence-electron chi connectivity index (χ0n) is 15.9. The molecule has 0 saturated heterocycles. The smallest absolute Gasteiger partial charge is 0.297 e. The van der Waals surface area contributed by atoms with E-state index >= 15 is 0 Å². The van der Waals surface area contributed by atoms with Gasteiger partial charge in [0.25, 0.3) is 10.1 Å². The summed E-state index contributed by atoms with van der Waals surface area (Å²) in [4.78, 5) is 4.34. The number of aliphatic imine (C=N–C) groups is 1. The van der Waals surface area contributed by atoms with E-state index in [9.17, 15) is 17.2 Å². The molecule has 0 unspecified atom stereocenters. The van der Waals surface area contributed by atoms with Gasteiger partial charge in [0, 0.05) is 16.0 Å². The fraction of sp³-hybridized carbons (Fsp3) is 0.350. The number of amidine groups is 1. The van der Waals surface area contributed by atoms with E-state index in [0.717, 1.165) is 17.3 Å². The summed E-state index contributed by atoms with van der Waals surface area (Å²) in [6.45, 7) is 0.689. The van der Waals surface area contributed by atoms with Crippen molar-refractivity contribution in [3.63, 3.8) is 0 Å². The van der Waals surface area contributed by atoms with E-state index < -0.39 is 38.8 Å². The van der Waals surface area contributed by atoms with Crippen LogP contribution in [0, 0.1) is 18.7 Å². The van der Waals surface area contributed by atoms with Crippen molar-refractivity contribution in [1.29, 1.82) is 0 Å². The Morgan fingerprint density at radius 2 is 2.00 bits per heavy atom. The largest absolute Gasteiger partial charge is 0.378 e. The summed E-state index contributed by atoms with van der Waals surface area (Å²) in [6, 6.07) is 10.6. The maximum Gasteiger partial charge on any atom is 0.297 e. The van der Waals surface area contributed by atoms with Crippen LogP contribution < -0.4 is 5.73 Å². The minimum Gasteiger partial charge on any atom is -0.378 e. The van der Waals surface area contributed by atoms with Gasteiger partial charge in [0.1, 0.15) is 18.0 Å². The average Bonchev–Trinajstić information content (AvgIpc) is 3.43. The third-order valence-electron chi connectivity index (χ3n) is 5.59. The van der Waals surface area contributed by atoms with Crippen molar-refractivity contribution in [1.82, 2.24) is 0 Å². The molecule has 1 aliphatic carbocycles. The summed E-state index contributed by atoms with van der Waals surface area (Å²) in [5.41, 5.74) is 5.49. The first-order valence-corrected chi connectivity index (χ1v) is 12.2. The Hall–Kier alpha value is -1.49. The lowest BCUT2D eigenvalue weighted by Gasteiger charge is -2.35. The Bertz CT molecular complexity index is 1130. The molecule has 1 aliphatic heterocycles. The van der Waals surface area contributed by atoms with Gasteiger partial charge < -0.3 is 5.73 Å². The van der Waals surface area contributed by atoms with E-state index in [0.29, 0.717) is 10.9 Å². The van der Waals surface area contributed by atoms with Crippen molar-refractivity contribution in [2.75, 3.05) is 13.3 Å². The van der Waals surface area contributed by atoms with E-state index in [2.05, 4.69) is 20.9 Å². The predicted molar refractivity (Wildman–Crippen MR) is 116 cm³/mol. The van der Waals surface area contributed by atoms with Crippen molar-refractivity contribution < 1.29 is 21.4 Å². The van der Waals surface area contributed by atoms with Gasteiger partial charge in [-0.15, -0.1) is 0 Å². The zero-order chi connectivity index (χ0) is 21.7. The molecule has 2 aliphatic rings. The SMILES string of the molecule is Cc1ccc(S(=O)(=O)OC[C@@]23C[C@H]2[C@@](CF)(c2cc(Br)ccc2F)N=C(N)S3)cc1. The molecular formula is C20H19BrF2N2O3S2. The molecular weight excluding hydrogens is 498 g/mol. The van der Waals surface area contributed by atoms with E-state index in [-0.39, 0.29) is 22.2 Å². The van der Waals surface area contributed by atoms with E-state index in [4.69, 9.17) is 9.92 Å². The third kappa shape index (κ3) is 3.68. The van der Waals surface area contributed by atoms with Gasteiger partial charge in [-0.2, -0.15) is 8.42 Å². The molecule has 2 aromatic rings. The monoisotopic (exact) mass is 516 g/mol. The number of rotatable bonds is 6. The summed E-state index contributed by atoms with van der Waals surface area (Å²) in [5.74, 6) is -1.04. The molecule has 30 heavy (non-hydrogen) atoms. The van der Waals surface area contributed by atoms with Crippen molar-refractivity contribution in [2.24, 2.45) is 16.6 Å². The van der Waals surface area contributed by atoms with Crippen molar-refractivity contribution >= 4 is 43.0 Å². The van der Waals surface area contributed by atoms with E-state index in [1.165, 1.54) is 30.3 Å². The van der Waals surface area contributed by atoms with E-state index in [1.54, 1.807) is 12.1 Å². The van der Waals surface area contributed by atoms with Gasteiger partial charge in [-0.3, -0.25) is 4.18 Å². The summed E-state index contributed by atoms with van der Waals surface area (Å²) in [5, 5.41) is 0.0807. The highest BCUT2D eigenvalue weighted by Gasteiger charge is 2.69. The molecule has 0 bridgehead atoms. The summed E-state index contributed by atoms with van der Waals surface area (Å²) in [7, 11) is -4.00. The van der Waals surface area contributed by atoms with Crippen LogP contribution in [0.25, 0.3) is 0 Å². The highest BCUT2D eigenvalue weighted by molar-refractivity contribution is 9.10. The fourth-order valence-electron chi connectivity index (χ4n) is 3.92. The molecule has 0 aromatic heterocycles. The lowest BCUT2D eigenvalue weighted by atomic mass is 9.85. The zero-order valence-corrected chi connectivity index (χ0v) is 19.2. The fourth-order valence-corrected chi connectivity index (χ4v) is 6.66. The summed E-state index contributed by atoms with van der Waals surface area (Å²) in [6.07, 6.45) is 0.404. The van der Waals surface area contributed by atoms with Crippen LogP contribution in [0.15, 0.2) is 56.8 Å². The second kappa shape index (κ2) is 7.58. The molecule has 0 radical (unpaired) electrons. The Kier molecular flexibility index (Phi) is 5.49. The molecule has 0 spiro atoms. The van der Waals surface area contributed by atoms with Gasteiger partial charge in [-0.25, -0.2) is 13.8 Å². The summed E-state index contributed by atoms with van der Waals surface area (Å²) >= 11 is 4.45. The molecule has 160 valence electrons. The first kappa shape index (κ1) is 21.7. The molecule has 1 heterocycles. The lowest BCUT2D eigenvalue weighted by Crippen LogP contribution is -2.41. The number of nitrogens with two attached hydrogens (primary N) is 1. The number of hydrogen-bond donors (Lipinski definition) is 1. The summed E-state index contributed by atoms with van der Waals surface area (Å²) < 4.78 is 59.4. The molecule has 3 atom stereocenters. The van der Waals surface area contributed by atoms with Gasteiger partial charge in [0.05, 0.1) is 16.2 Å². The van der Waals surface area contributed by atoms with Crippen LogP contribution in [0.4, 0.5) is 8.78 Å². The van der Waals surface area contributed by atoms with Crippen LogP contribution in [0.1, 0.15) is 17.5 Å². The average molecular weight is 517 g/mol. The Labute approximate surface area is 186 Å². The van der Waals surface area contributed by atoms with Crippen LogP contribution in [0.3, 0.4) is 0 Å².